The van der Waals surface area contributed by atoms with E-state index in [2.05, 4.69) is 26.1 Å². The molecule has 2 rings (SSSR count). The van der Waals surface area contributed by atoms with Crippen LogP contribution in [-0.2, 0) is 9.59 Å². The first-order chi connectivity index (χ1) is 10.3. The van der Waals surface area contributed by atoms with E-state index in [1.165, 1.54) is 25.7 Å². The van der Waals surface area contributed by atoms with Crippen LogP contribution in [0.3, 0.4) is 0 Å². The fraction of sp³-hybridized carbons (Fsp3) is 0.889. The highest BCUT2D eigenvalue weighted by Gasteiger charge is 2.38. The van der Waals surface area contributed by atoms with Crippen molar-refractivity contribution in [3.63, 3.8) is 0 Å². The molecule has 2 amide bonds. The highest BCUT2D eigenvalue weighted by Crippen LogP contribution is 2.28. The van der Waals surface area contributed by atoms with Crippen molar-refractivity contribution < 1.29 is 9.59 Å². The van der Waals surface area contributed by atoms with Crippen LogP contribution in [0, 0.1) is 11.3 Å². The summed E-state index contributed by atoms with van der Waals surface area (Å²) >= 11 is 0. The maximum absolute atomic E-state index is 12.5. The van der Waals surface area contributed by atoms with E-state index in [0.717, 1.165) is 12.8 Å². The Hall–Kier alpha value is -1.06. The number of likely N-dealkylation sites (tertiary alicyclic amines) is 1. The summed E-state index contributed by atoms with van der Waals surface area (Å²) in [7, 11) is 0. The summed E-state index contributed by atoms with van der Waals surface area (Å²) in [6.07, 6.45) is 7.60. The zero-order valence-electron chi connectivity index (χ0n) is 14.7. The number of carbonyl (C=O) groups excluding carboxylic acids is 2. The van der Waals surface area contributed by atoms with Gasteiger partial charge in [0.1, 0.15) is 0 Å². The van der Waals surface area contributed by atoms with Gasteiger partial charge in [-0.15, -0.1) is 0 Å². The lowest BCUT2D eigenvalue weighted by atomic mass is 9.87. The zero-order chi connectivity index (χ0) is 16.3. The van der Waals surface area contributed by atoms with E-state index in [-0.39, 0.29) is 29.2 Å². The maximum Gasteiger partial charge on any atom is 0.225 e. The molecule has 126 valence electrons. The van der Waals surface area contributed by atoms with E-state index in [1.807, 2.05) is 11.8 Å². The van der Waals surface area contributed by atoms with Gasteiger partial charge in [-0.3, -0.25) is 9.59 Å². The van der Waals surface area contributed by atoms with Gasteiger partial charge in [0, 0.05) is 25.0 Å². The number of nitrogens with one attached hydrogen (secondary N) is 1. The van der Waals surface area contributed by atoms with Crippen LogP contribution >= 0.6 is 0 Å². The largest absolute Gasteiger partial charge is 0.353 e. The smallest absolute Gasteiger partial charge is 0.225 e. The molecule has 0 aromatic rings. The van der Waals surface area contributed by atoms with Crippen molar-refractivity contribution in [2.45, 2.75) is 84.7 Å². The molecule has 0 radical (unpaired) electrons. The molecule has 2 unspecified atom stereocenters. The highest BCUT2D eigenvalue weighted by atomic mass is 16.2. The summed E-state index contributed by atoms with van der Waals surface area (Å²) in [5.41, 5.74) is 0.0409. The van der Waals surface area contributed by atoms with Crippen LogP contribution in [0.1, 0.15) is 72.6 Å². The zero-order valence-corrected chi connectivity index (χ0v) is 14.7. The van der Waals surface area contributed by atoms with Crippen LogP contribution in [0.2, 0.25) is 0 Å². The van der Waals surface area contributed by atoms with Crippen LogP contribution < -0.4 is 5.32 Å². The second kappa shape index (κ2) is 7.01. The Labute approximate surface area is 135 Å². The van der Waals surface area contributed by atoms with Gasteiger partial charge in [0.05, 0.1) is 5.92 Å². The Morgan fingerprint density at radius 3 is 2.32 bits per heavy atom. The first-order valence-electron chi connectivity index (χ1n) is 8.89. The van der Waals surface area contributed by atoms with Crippen molar-refractivity contribution in [1.29, 1.82) is 0 Å². The van der Waals surface area contributed by atoms with Crippen LogP contribution in [-0.4, -0.2) is 35.3 Å². The van der Waals surface area contributed by atoms with Gasteiger partial charge in [0.15, 0.2) is 0 Å². The predicted molar refractivity (Wildman–Crippen MR) is 88.4 cm³/mol. The highest BCUT2D eigenvalue weighted by molar-refractivity contribution is 5.89. The summed E-state index contributed by atoms with van der Waals surface area (Å²) in [6.45, 7) is 9.02. The van der Waals surface area contributed by atoms with Gasteiger partial charge >= 0.3 is 0 Å². The molecule has 1 saturated carbocycles. The second-order valence-corrected chi connectivity index (χ2v) is 8.19. The molecule has 0 aromatic heterocycles. The molecule has 0 aromatic carbocycles. The molecule has 0 bridgehead atoms. The fourth-order valence-corrected chi connectivity index (χ4v) is 3.38. The Kier molecular flexibility index (Phi) is 5.51. The van der Waals surface area contributed by atoms with E-state index < -0.39 is 0 Å². The number of amides is 2. The van der Waals surface area contributed by atoms with Gasteiger partial charge in [0.25, 0.3) is 0 Å². The second-order valence-electron chi connectivity index (χ2n) is 8.19. The Morgan fingerprint density at radius 1 is 1.18 bits per heavy atom. The quantitative estimate of drug-likeness (QED) is 0.814. The lowest BCUT2D eigenvalue weighted by Crippen LogP contribution is -2.45. The first kappa shape index (κ1) is 17.3. The van der Waals surface area contributed by atoms with Crippen LogP contribution in [0.5, 0.6) is 0 Å². The molecule has 0 spiro atoms. The van der Waals surface area contributed by atoms with Gasteiger partial charge in [-0.1, -0.05) is 46.5 Å². The molecule has 2 fully saturated rings. The Morgan fingerprint density at radius 2 is 1.77 bits per heavy atom. The number of carbonyl (C=O) groups is 2. The lowest BCUT2D eigenvalue weighted by Gasteiger charge is -2.30. The van der Waals surface area contributed by atoms with E-state index in [0.29, 0.717) is 19.0 Å². The van der Waals surface area contributed by atoms with Gasteiger partial charge in [-0.2, -0.15) is 0 Å². The molecule has 2 aliphatic rings. The molecule has 1 N–H and O–H groups in total. The fourth-order valence-electron chi connectivity index (χ4n) is 3.38. The molecule has 22 heavy (non-hydrogen) atoms. The number of nitrogens with zero attached hydrogens (tertiary/aromatic N) is 1. The third-order valence-electron chi connectivity index (χ3n) is 5.45. The third-order valence-corrected chi connectivity index (χ3v) is 5.45. The van der Waals surface area contributed by atoms with E-state index in [9.17, 15) is 9.59 Å². The lowest BCUT2D eigenvalue weighted by molar-refractivity contribution is -0.130. The monoisotopic (exact) mass is 308 g/mol. The summed E-state index contributed by atoms with van der Waals surface area (Å²) in [4.78, 5) is 26.8. The summed E-state index contributed by atoms with van der Waals surface area (Å²) in [5.74, 6) is 0.0583. The standard InChI is InChI=1S/C18H32N2O2/c1-13(18(2,3)4)19-17(22)14-11-16(21)20(12-14)15-9-7-5-6-8-10-15/h13-15H,5-12H2,1-4H3,(H,19,22). The van der Waals surface area contributed by atoms with Gasteiger partial charge in [-0.05, 0) is 25.2 Å². The molecule has 1 heterocycles. The van der Waals surface area contributed by atoms with Crippen molar-refractivity contribution in [2.75, 3.05) is 6.54 Å². The molecular weight excluding hydrogens is 276 g/mol. The van der Waals surface area contributed by atoms with Crippen LogP contribution in [0.4, 0.5) is 0 Å². The molecule has 2 atom stereocenters. The van der Waals surface area contributed by atoms with Crippen LogP contribution in [0.15, 0.2) is 0 Å². The van der Waals surface area contributed by atoms with Crippen molar-refractivity contribution in [3.8, 4) is 0 Å². The van der Waals surface area contributed by atoms with Crippen molar-refractivity contribution >= 4 is 11.8 Å². The number of hydrogen-bond acceptors (Lipinski definition) is 2. The van der Waals surface area contributed by atoms with E-state index >= 15 is 0 Å². The Balaban J connectivity index is 1.92. The molecule has 1 aliphatic heterocycles. The molecule has 1 saturated heterocycles. The average molecular weight is 308 g/mol. The molecule has 4 nitrogen and oxygen atoms in total. The first-order valence-corrected chi connectivity index (χ1v) is 8.89. The van der Waals surface area contributed by atoms with Crippen LogP contribution in [0.25, 0.3) is 0 Å². The van der Waals surface area contributed by atoms with Crippen molar-refractivity contribution in [2.24, 2.45) is 11.3 Å². The predicted octanol–water partition coefficient (Wildman–Crippen LogP) is 3.11. The van der Waals surface area contributed by atoms with E-state index in [4.69, 9.17) is 0 Å². The Bertz CT molecular complexity index is 406. The van der Waals surface area contributed by atoms with E-state index in [1.54, 1.807) is 0 Å². The topological polar surface area (TPSA) is 49.4 Å². The van der Waals surface area contributed by atoms with Gasteiger partial charge in [-0.25, -0.2) is 0 Å². The number of hydrogen-bond donors (Lipinski definition) is 1. The SMILES string of the molecule is CC(NC(=O)C1CC(=O)N(C2CCCCCC2)C1)C(C)(C)C. The van der Waals surface area contributed by atoms with Crippen molar-refractivity contribution in [3.05, 3.63) is 0 Å². The summed E-state index contributed by atoms with van der Waals surface area (Å²) < 4.78 is 0. The van der Waals surface area contributed by atoms with Gasteiger partial charge in [0.2, 0.25) is 11.8 Å². The minimum Gasteiger partial charge on any atom is -0.353 e. The molecular formula is C18H32N2O2. The van der Waals surface area contributed by atoms with Crippen molar-refractivity contribution in [1.82, 2.24) is 10.2 Å². The summed E-state index contributed by atoms with van der Waals surface area (Å²) in [6, 6.07) is 0.481. The van der Waals surface area contributed by atoms with Gasteiger partial charge < -0.3 is 10.2 Å². The minimum absolute atomic E-state index is 0.0409. The minimum atomic E-state index is -0.166. The third kappa shape index (κ3) is 4.23. The summed E-state index contributed by atoms with van der Waals surface area (Å²) in [5, 5.41) is 3.10. The normalized spacial score (nSPS) is 25.9. The molecule has 4 heteroatoms. The molecule has 1 aliphatic carbocycles. The number of rotatable bonds is 3. The average Bonchev–Trinajstić information content (AvgIpc) is 2.65. The maximum atomic E-state index is 12.5.